The minimum Gasteiger partial charge on any atom is -0.530 e. The Bertz CT molecular complexity index is 1080. The number of carbonyl (C=O) groups excluding carboxylic acids is 1. The maximum atomic E-state index is 12.4. The van der Waals surface area contributed by atoms with Crippen LogP contribution in [0.1, 0.15) is 19.4 Å². The van der Waals surface area contributed by atoms with E-state index in [1.807, 2.05) is 6.92 Å². The van der Waals surface area contributed by atoms with Crippen molar-refractivity contribution >= 4 is 16.2 Å². The topological polar surface area (TPSA) is 120 Å². The summed E-state index contributed by atoms with van der Waals surface area (Å²) in [7, 11) is -4.00. The van der Waals surface area contributed by atoms with Crippen molar-refractivity contribution in [2.24, 2.45) is 9.98 Å². The highest BCUT2D eigenvalue weighted by Gasteiger charge is 2.25. The molecule has 0 saturated carbocycles. The largest absolute Gasteiger partial charge is 0.530 e. The van der Waals surface area contributed by atoms with Crippen molar-refractivity contribution in [3.8, 4) is 5.75 Å². The van der Waals surface area contributed by atoms with Gasteiger partial charge in [-0.1, -0.05) is 19.1 Å². The van der Waals surface area contributed by atoms with Crippen LogP contribution in [0, 0.1) is 0 Å². The first-order valence-electron chi connectivity index (χ1n) is 7.83. The van der Waals surface area contributed by atoms with E-state index in [2.05, 4.69) is 15.3 Å². The predicted octanol–water partition coefficient (Wildman–Crippen LogP) is -0.124. The second kappa shape index (κ2) is 6.41. The molecule has 0 spiro atoms. The molecule has 1 N–H and O–H groups in total. The molecule has 2 aromatic rings. The molecule has 0 aromatic heterocycles. The number of hydrogen-bond donors (Lipinski definition) is 1. The van der Waals surface area contributed by atoms with E-state index in [4.69, 9.17) is 4.18 Å². The highest BCUT2D eigenvalue weighted by molar-refractivity contribution is 7.87. The van der Waals surface area contributed by atoms with Gasteiger partial charge in [-0.2, -0.15) is 8.42 Å². The van der Waals surface area contributed by atoms with E-state index in [9.17, 15) is 18.3 Å². The number of carboxylic acid groups (broad SMARTS) is 1. The first-order valence-corrected chi connectivity index (χ1v) is 9.24. The minimum atomic E-state index is -4.00. The molecule has 8 nitrogen and oxygen atoms in total. The van der Waals surface area contributed by atoms with Crippen LogP contribution in [-0.4, -0.2) is 20.3 Å². The van der Waals surface area contributed by atoms with Crippen LogP contribution in [0.4, 0.5) is 4.79 Å². The summed E-state index contributed by atoms with van der Waals surface area (Å²) in [6.07, 6.45) is -0.710. The number of rotatable bonds is 5. The number of nitrogens with one attached hydrogen (secondary N) is 1. The van der Waals surface area contributed by atoms with Crippen LogP contribution in [0.3, 0.4) is 0 Å². The minimum absolute atomic E-state index is 0.0419. The molecule has 0 radical (unpaired) electrons. The van der Waals surface area contributed by atoms with E-state index in [-0.39, 0.29) is 10.6 Å². The second-order valence-electron chi connectivity index (χ2n) is 5.84. The highest BCUT2D eigenvalue weighted by Crippen LogP contribution is 2.18. The smallest absolute Gasteiger partial charge is 0.339 e. The molecule has 0 fully saturated rings. The Hall–Kier alpha value is -2.94. The molecule has 136 valence electrons. The molecular weight excluding hydrogens is 358 g/mol. The van der Waals surface area contributed by atoms with Crippen LogP contribution in [0.15, 0.2) is 57.3 Å². The highest BCUT2D eigenvalue weighted by atomic mass is 32.2. The Morgan fingerprint density at radius 3 is 2.42 bits per heavy atom. The Morgan fingerprint density at radius 2 is 1.81 bits per heavy atom. The summed E-state index contributed by atoms with van der Waals surface area (Å²) in [6.45, 7) is 3.43. The lowest BCUT2D eigenvalue weighted by molar-refractivity contribution is -0.252. The summed E-state index contributed by atoms with van der Waals surface area (Å²) in [5.41, 5.74) is 1.02. The van der Waals surface area contributed by atoms with Gasteiger partial charge in [-0.05, 0) is 36.2 Å². The summed E-state index contributed by atoms with van der Waals surface area (Å²) in [5, 5.41) is 13.5. The van der Waals surface area contributed by atoms with Crippen LogP contribution in [-0.2, 0) is 16.5 Å². The van der Waals surface area contributed by atoms with Gasteiger partial charge in [0.15, 0.2) is 0 Å². The average Bonchev–Trinajstić information content (AvgIpc) is 2.88. The van der Waals surface area contributed by atoms with E-state index in [1.165, 1.54) is 37.3 Å². The molecule has 0 saturated heterocycles. The van der Waals surface area contributed by atoms with Crippen molar-refractivity contribution in [3.05, 3.63) is 58.7 Å². The van der Waals surface area contributed by atoms with Gasteiger partial charge in [-0.3, -0.25) is 0 Å². The number of amides is 1. The van der Waals surface area contributed by atoms with Gasteiger partial charge in [0.25, 0.3) is 0 Å². The van der Waals surface area contributed by atoms with Gasteiger partial charge in [0.05, 0.1) is 10.7 Å². The first-order chi connectivity index (χ1) is 12.2. The number of carbonyl (C=O) groups is 1. The third-order valence-corrected chi connectivity index (χ3v) is 5.05. The van der Waals surface area contributed by atoms with Crippen LogP contribution in [0.25, 0.3) is 0 Å². The summed E-state index contributed by atoms with van der Waals surface area (Å²) >= 11 is 0. The van der Waals surface area contributed by atoms with Gasteiger partial charge in [-0.15, -0.1) is 0 Å². The molecular formula is C17H16N3O5S-. The van der Waals surface area contributed by atoms with Gasteiger partial charge in [0, 0.05) is 13.0 Å². The third kappa shape index (κ3) is 3.67. The molecule has 0 aliphatic carbocycles. The zero-order valence-electron chi connectivity index (χ0n) is 14.1. The SMILES string of the molecule is CCc1ccc(S(=O)(=O)Oc2ccc3c(c2)=NC(C)(NC(=O)[O-])N=3)cc1. The number of nitrogens with zero attached hydrogens (tertiary/aromatic N) is 2. The second-order valence-corrected chi connectivity index (χ2v) is 7.39. The standard InChI is InChI=1S/C17H17N3O5S/c1-3-11-4-7-13(8-5-11)26(23,24)25-12-6-9-14-15(10-12)19-17(2,18-14)20-16(21)22/h4-10,20H,3H2,1-2H3,(H,21,22)/p-1. The lowest BCUT2D eigenvalue weighted by atomic mass is 10.2. The molecule has 1 heterocycles. The van der Waals surface area contributed by atoms with E-state index in [0.29, 0.717) is 10.7 Å². The average molecular weight is 374 g/mol. The molecule has 1 aliphatic rings. The Kier molecular flexibility index (Phi) is 4.41. The van der Waals surface area contributed by atoms with Crippen LogP contribution in [0.5, 0.6) is 5.75 Å². The fourth-order valence-electron chi connectivity index (χ4n) is 2.55. The van der Waals surface area contributed by atoms with Crippen molar-refractivity contribution in [1.29, 1.82) is 0 Å². The summed E-state index contributed by atoms with van der Waals surface area (Å²) in [6, 6.07) is 10.8. The van der Waals surface area contributed by atoms with Crippen LogP contribution in [0.2, 0.25) is 0 Å². The maximum Gasteiger partial charge on any atom is 0.339 e. The molecule has 1 atom stereocenters. The van der Waals surface area contributed by atoms with Crippen molar-refractivity contribution < 1.29 is 22.5 Å². The molecule has 3 rings (SSSR count). The monoisotopic (exact) mass is 374 g/mol. The number of aryl methyl sites for hydroxylation is 1. The van der Waals surface area contributed by atoms with Crippen molar-refractivity contribution in [2.75, 3.05) is 0 Å². The van der Waals surface area contributed by atoms with Gasteiger partial charge in [-0.25, -0.2) is 9.98 Å². The Labute approximate surface area is 150 Å². The number of fused-ring (bicyclic) bond motifs is 1. The third-order valence-electron chi connectivity index (χ3n) is 3.79. The Morgan fingerprint density at radius 1 is 1.15 bits per heavy atom. The molecule has 2 aromatic carbocycles. The summed E-state index contributed by atoms with van der Waals surface area (Å²) in [5.74, 6) is -1.35. The molecule has 26 heavy (non-hydrogen) atoms. The number of hydrogen-bond acceptors (Lipinski definition) is 7. The predicted molar refractivity (Wildman–Crippen MR) is 89.3 cm³/mol. The first kappa shape index (κ1) is 17.9. The van der Waals surface area contributed by atoms with Gasteiger partial charge < -0.3 is 19.4 Å². The van der Waals surface area contributed by atoms with Gasteiger partial charge in [0.2, 0.25) is 5.79 Å². The quantitative estimate of drug-likeness (QED) is 0.731. The molecule has 1 unspecified atom stereocenters. The van der Waals surface area contributed by atoms with E-state index in [0.717, 1.165) is 12.0 Å². The molecule has 1 aliphatic heterocycles. The van der Waals surface area contributed by atoms with Crippen molar-refractivity contribution in [2.45, 2.75) is 31.0 Å². The van der Waals surface area contributed by atoms with E-state index in [1.54, 1.807) is 12.1 Å². The zero-order valence-corrected chi connectivity index (χ0v) is 14.9. The van der Waals surface area contributed by atoms with E-state index >= 15 is 0 Å². The van der Waals surface area contributed by atoms with E-state index < -0.39 is 22.0 Å². The molecule has 0 bridgehead atoms. The summed E-state index contributed by atoms with van der Waals surface area (Å²) in [4.78, 5) is 19.0. The lowest BCUT2D eigenvalue weighted by Crippen LogP contribution is -2.48. The van der Waals surface area contributed by atoms with Gasteiger partial charge >= 0.3 is 10.1 Å². The normalized spacial score (nSPS) is 18.4. The van der Waals surface area contributed by atoms with Crippen molar-refractivity contribution in [3.63, 3.8) is 0 Å². The maximum absolute atomic E-state index is 12.4. The molecule has 9 heteroatoms. The van der Waals surface area contributed by atoms with Crippen LogP contribution >= 0.6 is 0 Å². The summed E-state index contributed by atoms with van der Waals surface area (Å²) < 4.78 is 30.0. The Balaban J connectivity index is 1.89. The molecule has 1 amide bonds. The van der Waals surface area contributed by atoms with Crippen molar-refractivity contribution in [1.82, 2.24) is 5.32 Å². The fourth-order valence-corrected chi connectivity index (χ4v) is 3.47. The fraction of sp³-hybridized carbons (Fsp3) is 0.235. The lowest BCUT2D eigenvalue weighted by Gasteiger charge is -2.20. The zero-order chi connectivity index (χ0) is 18.9. The van der Waals surface area contributed by atoms with Crippen LogP contribution < -0.4 is 25.3 Å². The van der Waals surface area contributed by atoms with Gasteiger partial charge in [0.1, 0.15) is 16.7 Å². The number of benzene rings is 2.